The summed E-state index contributed by atoms with van der Waals surface area (Å²) in [6.07, 6.45) is 0.427. The van der Waals surface area contributed by atoms with Crippen molar-refractivity contribution in [2.24, 2.45) is 0 Å². The number of halogens is 1. The smallest absolute Gasteiger partial charge is 0.265 e. The lowest BCUT2D eigenvalue weighted by atomic mass is 10.00. The molecule has 2 amide bonds. The second-order valence-electron chi connectivity index (χ2n) is 11.9. The number of benzene rings is 4. The molecule has 0 bridgehead atoms. The van der Waals surface area contributed by atoms with Crippen molar-refractivity contribution in [2.75, 3.05) is 10.8 Å². The van der Waals surface area contributed by atoms with Crippen LogP contribution in [0.25, 0.3) is 10.8 Å². The van der Waals surface area contributed by atoms with Crippen LogP contribution in [0.1, 0.15) is 44.7 Å². The fourth-order valence-corrected chi connectivity index (χ4v) is 7.28. The van der Waals surface area contributed by atoms with Gasteiger partial charge in [0.05, 0.1) is 10.6 Å². The second-order valence-corrected chi connectivity index (χ2v) is 13.7. The van der Waals surface area contributed by atoms with Crippen molar-refractivity contribution in [2.45, 2.75) is 63.1 Å². The van der Waals surface area contributed by atoms with E-state index < -0.39 is 27.4 Å². The zero-order chi connectivity index (χ0) is 30.8. The predicted molar refractivity (Wildman–Crippen MR) is 166 cm³/mol. The van der Waals surface area contributed by atoms with Crippen LogP contribution in [0.2, 0.25) is 0 Å². The Morgan fingerprint density at radius 1 is 0.907 bits per heavy atom. The van der Waals surface area contributed by atoms with E-state index in [-0.39, 0.29) is 49.1 Å². The van der Waals surface area contributed by atoms with Gasteiger partial charge in [0.25, 0.3) is 10.0 Å². The SMILES string of the molecule is CC(C)(C)NC(=O)[C@@H](Cc1ccccc1)N(Cc1ccccc1F)C(=O)CCCN1c2cccc3cccc(c23)S1(=O)=O. The molecular weight excluding hydrogens is 565 g/mol. The van der Waals surface area contributed by atoms with E-state index in [1.54, 1.807) is 36.4 Å². The molecule has 9 heteroatoms. The Hall–Kier alpha value is -4.24. The van der Waals surface area contributed by atoms with Crippen LogP contribution < -0.4 is 9.62 Å². The lowest BCUT2D eigenvalue weighted by molar-refractivity contribution is -0.142. The van der Waals surface area contributed by atoms with E-state index in [0.29, 0.717) is 16.6 Å². The first-order valence-corrected chi connectivity index (χ1v) is 15.8. The Bertz CT molecular complexity index is 1750. The molecule has 5 rings (SSSR count). The highest BCUT2D eigenvalue weighted by molar-refractivity contribution is 7.93. The van der Waals surface area contributed by atoms with E-state index in [2.05, 4.69) is 5.32 Å². The highest BCUT2D eigenvalue weighted by atomic mass is 32.2. The van der Waals surface area contributed by atoms with Crippen LogP contribution in [0.15, 0.2) is 95.9 Å². The molecule has 224 valence electrons. The molecule has 43 heavy (non-hydrogen) atoms. The van der Waals surface area contributed by atoms with E-state index >= 15 is 0 Å². The Morgan fingerprint density at radius 2 is 1.58 bits per heavy atom. The monoisotopic (exact) mass is 601 g/mol. The van der Waals surface area contributed by atoms with E-state index in [1.165, 1.54) is 15.3 Å². The van der Waals surface area contributed by atoms with Gasteiger partial charge in [0.2, 0.25) is 11.8 Å². The number of carbonyl (C=O) groups is 2. The number of anilines is 1. The molecule has 7 nitrogen and oxygen atoms in total. The third-order valence-electron chi connectivity index (χ3n) is 7.50. The van der Waals surface area contributed by atoms with E-state index in [1.807, 2.05) is 69.3 Å². The first-order valence-electron chi connectivity index (χ1n) is 14.4. The average molecular weight is 602 g/mol. The standard InChI is InChI=1S/C34H36FN3O4S/c1-34(2,3)36-33(40)29(22-24-12-5-4-6-13-24)37(23-26-14-7-8-17-27(26)35)31(39)20-11-21-38-28-18-9-15-25-16-10-19-30(32(25)28)43(38,41)42/h4-10,12-19,29H,11,20-23H2,1-3H3,(H,36,40)/t29-/m1/s1. The van der Waals surface area contributed by atoms with Gasteiger partial charge >= 0.3 is 0 Å². The van der Waals surface area contributed by atoms with Gasteiger partial charge < -0.3 is 10.2 Å². The molecule has 0 aliphatic carbocycles. The number of sulfonamides is 1. The summed E-state index contributed by atoms with van der Waals surface area (Å²) < 4.78 is 43.0. The Balaban J connectivity index is 1.41. The predicted octanol–water partition coefficient (Wildman–Crippen LogP) is 5.82. The van der Waals surface area contributed by atoms with Crippen LogP contribution in [-0.2, 0) is 32.6 Å². The van der Waals surface area contributed by atoms with Gasteiger partial charge in [-0.15, -0.1) is 0 Å². The number of carbonyl (C=O) groups excluding carboxylic acids is 2. The maximum Gasteiger partial charge on any atom is 0.265 e. The molecule has 0 unspecified atom stereocenters. The van der Waals surface area contributed by atoms with Gasteiger partial charge in [0, 0.05) is 42.4 Å². The van der Waals surface area contributed by atoms with Gasteiger partial charge in [0.15, 0.2) is 0 Å². The summed E-state index contributed by atoms with van der Waals surface area (Å²) in [7, 11) is -3.77. The van der Waals surface area contributed by atoms with Crippen LogP contribution in [0, 0.1) is 5.82 Å². The van der Waals surface area contributed by atoms with Crippen molar-refractivity contribution < 1.29 is 22.4 Å². The number of rotatable bonds is 10. The lowest BCUT2D eigenvalue weighted by Crippen LogP contribution is -2.54. The second kappa shape index (κ2) is 12.2. The third kappa shape index (κ3) is 6.57. The van der Waals surface area contributed by atoms with Crippen LogP contribution in [0.3, 0.4) is 0 Å². The molecule has 0 saturated carbocycles. The van der Waals surface area contributed by atoms with E-state index in [4.69, 9.17) is 0 Å². The Morgan fingerprint density at radius 3 is 2.28 bits per heavy atom. The van der Waals surface area contributed by atoms with Crippen molar-refractivity contribution in [1.82, 2.24) is 10.2 Å². The molecule has 4 aromatic rings. The summed E-state index contributed by atoms with van der Waals surface area (Å²) in [4.78, 5) is 29.3. The summed E-state index contributed by atoms with van der Waals surface area (Å²) >= 11 is 0. The van der Waals surface area contributed by atoms with Crippen molar-refractivity contribution in [1.29, 1.82) is 0 Å². The quantitative estimate of drug-likeness (QED) is 0.248. The largest absolute Gasteiger partial charge is 0.350 e. The minimum Gasteiger partial charge on any atom is -0.350 e. The van der Waals surface area contributed by atoms with E-state index in [0.717, 1.165) is 10.9 Å². The maximum absolute atomic E-state index is 14.8. The average Bonchev–Trinajstić information content (AvgIpc) is 3.18. The van der Waals surface area contributed by atoms with Gasteiger partial charge in [-0.05, 0) is 56.3 Å². The molecule has 1 aliphatic heterocycles. The maximum atomic E-state index is 14.8. The summed E-state index contributed by atoms with van der Waals surface area (Å²) in [6.45, 7) is 5.58. The highest BCUT2D eigenvalue weighted by Gasteiger charge is 2.36. The number of nitrogens with zero attached hydrogens (tertiary/aromatic N) is 2. The van der Waals surface area contributed by atoms with Crippen LogP contribution >= 0.6 is 0 Å². The molecule has 0 aromatic heterocycles. The summed E-state index contributed by atoms with van der Waals surface area (Å²) in [6, 6.07) is 25.3. The van der Waals surface area contributed by atoms with Gasteiger partial charge in [-0.3, -0.25) is 13.9 Å². The molecule has 1 heterocycles. The number of hydrogen-bond donors (Lipinski definition) is 1. The highest BCUT2D eigenvalue weighted by Crippen LogP contribution is 2.42. The molecule has 1 aliphatic rings. The van der Waals surface area contributed by atoms with Gasteiger partial charge in [-0.2, -0.15) is 0 Å². The van der Waals surface area contributed by atoms with Crippen molar-refractivity contribution in [3.05, 3.63) is 108 Å². The lowest BCUT2D eigenvalue weighted by Gasteiger charge is -2.34. The fraction of sp³-hybridized carbons (Fsp3) is 0.294. The summed E-state index contributed by atoms with van der Waals surface area (Å²) in [5.74, 6) is -1.17. The van der Waals surface area contributed by atoms with Crippen LogP contribution in [-0.4, -0.2) is 43.3 Å². The fourth-order valence-electron chi connectivity index (χ4n) is 5.53. The molecule has 4 aromatic carbocycles. The number of nitrogens with one attached hydrogen (secondary N) is 1. The normalized spacial score (nSPS) is 14.5. The Labute approximate surface area is 252 Å². The van der Waals surface area contributed by atoms with Crippen molar-refractivity contribution in [3.8, 4) is 0 Å². The Kier molecular flexibility index (Phi) is 8.55. The molecule has 0 saturated heterocycles. The van der Waals surface area contributed by atoms with E-state index in [9.17, 15) is 22.4 Å². The van der Waals surface area contributed by atoms with Crippen molar-refractivity contribution >= 4 is 38.3 Å². The summed E-state index contributed by atoms with van der Waals surface area (Å²) in [5, 5.41) is 4.51. The molecular formula is C34H36FN3O4S. The number of hydrogen-bond acceptors (Lipinski definition) is 4. The number of amides is 2. The third-order valence-corrected chi connectivity index (χ3v) is 9.36. The summed E-state index contributed by atoms with van der Waals surface area (Å²) in [5.41, 5.74) is 1.19. The zero-order valence-electron chi connectivity index (χ0n) is 24.6. The topological polar surface area (TPSA) is 86.8 Å². The first kappa shape index (κ1) is 30.2. The van der Waals surface area contributed by atoms with Crippen LogP contribution in [0.4, 0.5) is 10.1 Å². The van der Waals surface area contributed by atoms with Crippen molar-refractivity contribution in [3.63, 3.8) is 0 Å². The molecule has 0 fully saturated rings. The molecule has 1 N–H and O–H groups in total. The molecule has 0 radical (unpaired) electrons. The van der Waals surface area contributed by atoms with Gasteiger partial charge in [-0.25, -0.2) is 12.8 Å². The van der Waals surface area contributed by atoms with Gasteiger partial charge in [0.1, 0.15) is 11.9 Å². The zero-order valence-corrected chi connectivity index (χ0v) is 25.4. The minimum atomic E-state index is -3.77. The molecule has 1 atom stereocenters. The first-order chi connectivity index (χ1) is 20.5. The minimum absolute atomic E-state index is 0.0269. The van der Waals surface area contributed by atoms with Gasteiger partial charge in [-0.1, -0.05) is 72.8 Å². The molecule has 0 spiro atoms. The van der Waals surface area contributed by atoms with Crippen LogP contribution in [0.5, 0.6) is 0 Å².